The summed E-state index contributed by atoms with van der Waals surface area (Å²) in [5.74, 6) is -2.58. The van der Waals surface area contributed by atoms with E-state index >= 15 is 0 Å². The van der Waals surface area contributed by atoms with E-state index in [1.807, 2.05) is 0 Å². The van der Waals surface area contributed by atoms with Crippen molar-refractivity contribution in [2.75, 3.05) is 22.4 Å². The van der Waals surface area contributed by atoms with E-state index in [0.29, 0.717) is 10.7 Å². The van der Waals surface area contributed by atoms with Gasteiger partial charge in [0.2, 0.25) is 15.9 Å². The van der Waals surface area contributed by atoms with Gasteiger partial charge in [-0.2, -0.15) is 0 Å². The van der Waals surface area contributed by atoms with Gasteiger partial charge in [0.05, 0.1) is 22.0 Å². The average molecular weight is 437 g/mol. The van der Waals surface area contributed by atoms with Crippen molar-refractivity contribution >= 4 is 50.5 Å². The molecular formula is C17H16Cl2F2N2O3S. The van der Waals surface area contributed by atoms with Crippen molar-refractivity contribution in [2.45, 2.75) is 12.8 Å². The van der Waals surface area contributed by atoms with Gasteiger partial charge in [-0.05, 0) is 36.8 Å². The fourth-order valence-corrected chi connectivity index (χ4v) is 3.56. The van der Waals surface area contributed by atoms with Gasteiger partial charge in [0.15, 0.2) is 11.6 Å². The van der Waals surface area contributed by atoms with Crippen molar-refractivity contribution in [1.82, 2.24) is 0 Å². The van der Waals surface area contributed by atoms with Gasteiger partial charge < -0.3 is 5.32 Å². The van der Waals surface area contributed by atoms with Crippen molar-refractivity contribution in [3.8, 4) is 0 Å². The van der Waals surface area contributed by atoms with Crippen LogP contribution in [-0.4, -0.2) is 27.1 Å². The number of nitrogens with one attached hydrogen (secondary N) is 1. The molecule has 0 heterocycles. The fourth-order valence-electron chi connectivity index (χ4n) is 2.31. The molecule has 0 atom stereocenters. The average Bonchev–Trinajstić information content (AvgIpc) is 2.57. The topological polar surface area (TPSA) is 66.5 Å². The SMILES string of the molecule is CS(=O)(=O)N(CCCC(=O)Nc1ccc(Cl)c(Cl)c1)c1ccc(F)c(F)c1. The quantitative estimate of drug-likeness (QED) is 0.696. The zero-order valence-corrected chi connectivity index (χ0v) is 16.5. The molecule has 0 fully saturated rings. The van der Waals surface area contributed by atoms with Crippen molar-refractivity contribution in [3.63, 3.8) is 0 Å². The molecule has 0 saturated heterocycles. The number of sulfonamides is 1. The van der Waals surface area contributed by atoms with Crippen LogP contribution in [0.2, 0.25) is 10.0 Å². The first-order valence-electron chi connectivity index (χ1n) is 7.75. The molecule has 0 radical (unpaired) electrons. The first kappa shape index (κ1) is 21.4. The molecule has 0 spiro atoms. The Balaban J connectivity index is 1.99. The molecule has 0 aliphatic rings. The maximum absolute atomic E-state index is 13.4. The lowest BCUT2D eigenvalue weighted by Gasteiger charge is -2.22. The summed E-state index contributed by atoms with van der Waals surface area (Å²) in [4.78, 5) is 12.0. The highest BCUT2D eigenvalue weighted by Gasteiger charge is 2.19. The predicted octanol–water partition coefficient (Wildman–Crippen LogP) is 4.46. The van der Waals surface area contributed by atoms with Gasteiger partial charge in [0, 0.05) is 24.7 Å². The molecule has 5 nitrogen and oxygen atoms in total. The molecule has 0 aliphatic heterocycles. The van der Waals surface area contributed by atoms with Gasteiger partial charge in [-0.25, -0.2) is 17.2 Å². The van der Waals surface area contributed by atoms with Crippen LogP contribution in [0, 0.1) is 11.6 Å². The van der Waals surface area contributed by atoms with E-state index in [9.17, 15) is 22.0 Å². The molecular weight excluding hydrogens is 421 g/mol. The number of hydrogen-bond donors (Lipinski definition) is 1. The lowest BCUT2D eigenvalue weighted by Crippen LogP contribution is -2.31. The minimum atomic E-state index is -3.73. The fraction of sp³-hybridized carbons (Fsp3) is 0.235. The van der Waals surface area contributed by atoms with E-state index in [0.717, 1.165) is 28.8 Å². The Labute approximate surface area is 165 Å². The molecule has 0 saturated carbocycles. The van der Waals surface area contributed by atoms with Crippen LogP contribution in [0.4, 0.5) is 20.2 Å². The van der Waals surface area contributed by atoms with Crippen LogP contribution >= 0.6 is 23.2 Å². The van der Waals surface area contributed by atoms with E-state index in [1.165, 1.54) is 12.1 Å². The van der Waals surface area contributed by atoms with E-state index in [4.69, 9.17) is 23.2 Å². The lowest BCUT2D eigenvalue weighted by atomic mass is 10.2. The molecule has 0 aliphatic carbocycles. The summed E-state index contributed by atoms with van der Waals surface area (Å²) in [6.45, 7) is -0.0707. The van der Waals surface area contributed by atoms with Gasteiger partial charge in [0.25, 0.3) is 0 Å². The molecule has 2 rings (SSSR count). The Morgan fingerprint density at radius 2 is 1.78 bits per heavy atom. The molecule has 1 amide bonds. The number of rotatable bonds is 7. The van der Waals surface area contributed by atoms with Crippen molar-refractivity contribution in [3.05, 3.63) is 58.1 Å². The van der Waals surface area contributed by atoms with Crippen LogP contribution in [-0.2, 0) is 14.8 Å². The first-order valence-corrected chi connectivity index (χ1v) is 10.4. The van der Waals surface area contributed by atoms with Crippen molar-refractivity contribution < 1.29 is 22.0 Å². The number of halogens is 4. The molecule has 2 aromatic carbocycles. The highest BCUT2D eigenvalue weighted by Crippen LogP contribution is 2.25. The minimum absolute atomic E-state index is 0.00986. The van der Waals surface area contributed by atoms with Crippen LogP contribution in [0.25, 0.3) is 0 Å². The van der Waals surface area contributed by atoms with Gasteiger partial charge in [-0.3, -0.25) is 9.10 Å². The van der Waals surface area contributed by atoms with Crippen LogP contribution in [0.3, 0.4) is 0 Å². The smallest absolute Gasteiger partial charge is 0.232 e. The predicted molar refractivity (Wildman–Crippen MR) is 103 cm³/mol. The molecule has 10 heteroatoms. The molecule has 2 aromatic rings. The normalized spacial score (nSPS) is 11.3. The summed E-state index contributed by atoms with van der Waals surface area (Å²) in [7, 11) is -3.73. The molecule has 0 aromatic heterocycles. The van der Waals surface area contributed by atoms with Crippen LogP contribution < -0.4 is 9.62 Å². The molecule has 1 N–H and O–H groups in total. The monoisotopic (exact) mass is 436 g/mol. The van der Waals surface area contributed by atoms with Crippen molar-refractivity contribution in [1.29, 1.82) is 0 Å². The van der Waals surface area contributed by atoms with Crippen LogP contribution in [0.15, 0.2) is 36.4 Å². The highest BCUT2D eigenvalue weighted by atomic mass is 35.5. The third kappa shape index (κ3) is 6.05. The van der Waals surface area contributed by atoms with Gasteiger partial charge >= 0.3 is 0 Å². The molecule has 146 valence electrons. The van der Waals surface area contributed by atoms with Crippen LogP contribution in [0.1, 0.15) is 12.8 Å². The van der Waals surface area contributed by atoms with Crippen molar-refractivity contribution in [2.24, 2.45) is 0 Å². The standard InChI is InChI=1S/C17H16Cl2F2N2O3S/c1-27(25,26)23(12-5-7-15(20)16(21)10-12)8-2-3-17(24)22-11-4-6-13(18)14(19)9-11/h4-7,9-10H,2-3,8H2,1H3,(H,22,24). The third-order valence-electron chi connectivity index (χ3n) is 3.56. The maximum Gasteiger partial charge on any atom is 0.232 e. The second-order valence-corrected chi connectivity index (χ2v) is 8.44. The van der Waals surface area contributed by atoms with Gasteiger partial charge in [-0.15, -0.1) is 0 Å². The number of nitrogens with zero attached hydrogens (tertiary/aromatic N) is 1. The summed E-state index contributed by atoms with van der Waals surface area (Å²) in [5, 5.41) is 3.26. The number of amides is 1. The highest BCUT2D eigenvalue weighted by molar-refractivity contribution is 7.92. The summed E-state index contributed by atoms with van der Waals surface area (Å²) < 4.78 is 51.3. The van der Waals surface area contributed by atoms with E-state index in [1.54, 1.807) is 6.07 Å². The second-order valence-electron chi connectivity index (χ2n) is 5.71. The second kappa shape index (κ2) is 8.86. The summed E-state index contributed by atoms with van der Waals surface area (Å²) in [6.07, 6.45) is 1.12. The zero-order valence-electron chi connectivity index (χ0n) is 14.2. The minimum Gasteiger partial charge on any atom is -0.326 e. The maximum atomic E-state index is 13.4. The first-order chi connectivity index (χ1) is 12.6. The number of hydrogen-bond acceptors (Lipinski definition) is 3. The Morgan fingerprint density at radius 3 is 2.37 bits per heavy atom. The number of benzene rings is 2. The summed E-state index contributed by atoms with van der Waals surface area (Å²) in [6, 6.07) is 7.41. The number of carbonyl (C=O) groups is 1. The molecule has 27 heavy (non-hydrogen) atoms. The Bertz CT molecular complexity index is 955. The number of carbonyl (C=O) groups excluding carboxylic acids is 1. The third-order valence-corrected chi connectivity index (χ3v) is 5.49. The van der Waals surface area contributed by atoms with Gasteiger partial charge in [-0.1, -0.05) is 23.2 Å². The van der Waals surface area contributed by atoms with E-state index in [2.05, 4.69) is 5.32 Å². The largest absolute Gasteiger partial charge is 0.326 e. The Morgan fingerprint density at radius 1 is 1.07 bits per heavy atom. The lowest BCUT2D eigenvalue weighted by molar-refractivity contribution is -0.116. The summed E-state index contributed by atoms with van der Waals surface area (Å²) >= 11 is 11.7. The summed E-state index contributed by atoms with van der Waals surface area (Å²) in [5.41, 5.74) is 0.441. The van der Waals surface area contributed by atoms with E-state index in [-0.39, 0.29) is 36.0 Å². The molecule has 0 unspecified atom stereocenters. The Hall–Kier alpha value is -1.90. The van der Waals surface area contributed by atoms with E-state index < -0.39 is 21.7 Å². The Kier molecular flexibility index (Phi) is 7.02. The number of anilines is 2. The van der Waals surface area contributed by atoms with Crippen LogP contribution in [0.5, 0.6) is 0 Å². The molecule has 0 bridgehead atoms. The van der Waals surface area contributed by atoms with Gasteiger partial charge in [0.1, 0.15) is 0 Å². The zero-order chi connectivity index (χ0) is 20.2.